The molecule has 1 saturated carbocycles. The molecular formula is C20H26N2O3S. The number of nitrogens with zero attached hydrogens (tertiary/aromatic N) is 2. The van der Waals surface area contributed by atoms with Gasteiger partial charge < -0.3 is 14.4 Å². The Labute approximate surface area is 158 Å². The third kappa shape index (κ3) is 3.59. The van der Waals surface area contributed by atoms with E-state index in [9.17, 15) is 4.79 Å². The fraction of sp³-hybridized carbons (Fsp3) is 0.550. The largest absolute Gasteiger partial charge is 0.462 e. The van der Waals surface area contributed by atoms with Gasteiger partial charge in [-0.1, -0.05) is 0 Å². The average Bonchev–Trinajstić information content (AvgIpc) is 3.01. The van der Waals surface area contributed by atoms with Gasteiger partial charge in [0.25, 0.3) is 0 Å². The van der Waals surface area contributed by atoms with E-state index in [0.29, 0.717) is 17.2 Å². The van der Waals surface area contributed by atoms with Crippen molar-refractivity contribution < 1.29 is 14.3 Å². The lowest BCUT2D eigenvalue weighted by atomic mass is 9.92. The van der Waals surface area contributed by atoms with Crippen LogP contribution in [0.2, 0.25) is 0 Å². The Morgan fingerprint density at radius 2 is 2.12 bits per heavy atom. The van der Waals surface area contributed by atoms with Gasteiger partial charge in [-0.3, -0.25) is 9.69 Å². The summed E-state index contributed by atoms with van der Waals surface area (Å²) in [7, 11) is 0. The van der Waals surface area contributed by atoms with E-state index in [4.69, 9.17) is 9.52 Å². The van der Waals surface area contributed by atoms with Crippen LogP contribution in [0.3, 0.4) is 0 Å². The molecule has 0 unspecified atom stereocenters. The molecule has 1 atom stereocenters. The molecule has 1 saturated heterocycles. The summed E-state index contributed by atoms with van der Waals surface area (Å²) in [5.74, 6) is 1.73. The minimum absolute atomic E-state index is 0.0458. The number of piperidine rings is 1. The number of hydrogen-bond donors (Lipinski definition) is 1. The molecule has 1 aliphatic carbocycles. The van der Waals surface area contributed by atoms with Crippen LogP contribution in [-0.4, -0.2) is 39.9 Å². The lowest BCUT2D eigenvalue weighted by Crippen LogP contribution is -2.39. The van der Waals surface area contributed by atoms with Gasteiger partial charge in [0, 0.05) is 19.5 Å². The first kappa shape index (κ1) is 17.8. The Hall–Kier alpha value is -1.63. The van der Waals surface area contributed by atoms with E-state index in [1.54, 1.807) is 18.3 Å². The van der Waals surface area contributed by atoms with E-state index in [1.165, 1.54) is 5.56 Å². The van der Waals surface area contributed by atoms with Crippen LogP contribution in [0.5, 0.6) is 0 Å². The van der Waals surface area contributed by atoms with E-state index in [2.05, 4.69) is 26.6 Å². The lowest BCUT2D eigenvalue weighted by Gasteiger charge is -2.34. The van der Waals surface area contributed by atoms with Gasteiger partial charge in [0.05, 0.1) is 6.54 Å². The summed E-state index contributed by atoms with van der Waals surface area (Å²) in [5.41, 5.74) is 1.56. The standard InChI is InChI=1S/C20H26N2O3S/c1-15(24)22(11-16-4-9-26-14-16)19-10-20(19)5-7-21(8-6-20)12-17-2-3-18(13-23)25-17/h2-4,9,14,19,23H,5-8,10-13H2,1H3/t19-/m0/s1. The SMILES string of the molecule is CC(=O)N(Cc1ccsc1)[C@H]1CC12CCN(Cc1ccc(CO)o1)CC2. The molecule has 5 nitrogen and oxygen atoms in total. The van der Waals surface area contributed by atoms with Crippen molar-refractivity contribution in [2.75, 3.05) is 13.1 Å². The number of aliphatic hydroxyl groups excluding tert-OH is 1. The average molecular weight is 375 g/mol. The predicted molar refractivity (Wildman–Crippen MR) is 101 cm³/mol. The fourth-order valence-electron chi connectivity index (χ4n) is 4.29. The Morgan fingerprint density at radius 3 is 2.73 bits per heavy atom. The van der Waals surface area contributed by atoms with Crippen molar-refractivity contribution in [3.05, 3.63) is 46.0 Å². The van der Waals surface area contributed by atoms with Crippen molar-refractivity contribution in [2.45, 2.75) is 51.9 Å². The highest BCUT2D eigenvalue weighted by atomic mass is 32.1. The molecule has 4 rings (SSSR count). The zero-order chi connectivity index (χ0) is 18.1. The summed E-state index contributed by atoms with van der Waals surface area (Å²) >= 11 is 1.69. The molecule has 0 radical (unpaired) electrons. The Morgan fingerprint density at radius 1 is 1.35 bits per heavy atom. The maximum Gasteiger partial charge on any atom is 0.220 e. The minimum Gasteiger partial charge on any atom is -0.462 e. The molecule has 2 aliphatic rings. The van der Waals surface area contributed by atoms with Gasteiger partial charge in [-0.05, 0) is 72.3 Å². The predicted octanol–water partition coefficient (Wildman–Crippen LogP) is 3.24. The van der Waals surface area contributed by atoms with Gasteiger partial charge >= 0.3 is 0 Å². The zero-order valence-corrected chi connectivity index (χ0v) is 16.0. The van der Waals surface area contributed by atoms with E-state index < -0.39 is 0 Å². The number of amides is 1. The van der Waals surface area contributed by atoms with Crippen molar-refractivity contribution in [2.24, 2.45) is 5.41 Å². The van der Waals surface area contributed by atoms with Crippen molar-refractivity contribution in [3.8, 4) is 0 Å². The minimum atomic E-state index is -0.0458. The van der Waals surface area contributed by atoms with Crippen LogP contribution in [0.1, 0.15) is 43.3 Å². The molecule has 140 valence electrons. The molecule has 2 fully saturated rings. The second-order valence-electron chi connectivity index (χ2n) is 7.66. The molecule has 2 aromatic heterocycles. The number of furan rings is 1. The van der Waals surface area contributed by atoms with Crippen molar-refractivity contribution in [1.82, 2.24) is 9.80 Å². The molecule has 1 aliphatic heterocycles. The number of hydrogen-bond acceptors (Lipinski definition) is 5. The number of rotatable bonds is 6. The Kier molecular flexibility index (Phi) is 4.90. The van der Waals surface area contributed by atoms with E-state index >= 15 is 0 Å². The normalized spacial score (nSPS) is 21.8. The molecule has 0 bridgehead atoms. The molecule has 2 aromatic rings. The van der Waals surface area contributed by atoms with Gasteiger partial charge in [0.2, 0.25) is 5.91 Å². The molecular weight excluding hydrogens is 348 g/mol. The van der Waals surface area contributed by atoms with Crippen molar-refractivity contribution in [3.63, 3.8) is 0 Å². The summed E-state index contributed by atoms with van der Waals surface area (Å²) in [6, 6.07) is 6.30. The van der Waals surface area contributed by atoms with Crippen LogP contribution in [-0.2, 0) is 24.5 Å². The third-order valence-electron chi connectivity index (χ3n) is 5.96. The van der Waals surface area contributed by atoms with Crippen molar-refractivity contribution in [1.29, 1.82) is 0 Å². The summed E-state index contributed by atoms with van der Waals surface area (Å²) in [4.78, 5) is 16.7. The second-order valence-corrected chi connectivity index (χ2v) is 8.44. The first-order valence-electron chi connectivity index (χ1n) is 9.29. The van der Waals surface area contributed by atoms with Gasteiger partial charge in [-0.25, -0.2) is 0 Å². The summed E-state index contributed by atoms with van der Waals surface area (Å²) in [6.07, 6.45) is 3.41. The van der Waals surface area contributed by atoms with Crippen LogP contribution in [0.25, 0.3) is 0 Å². The van der Waals surface area contributed by atoms with Gasteiger partial charge in [-0.15, -0.1) is 0 Å². The Balaban J connectivity index is 1.33. The molecule has 1 spiro atoms. The number of thiophene rings is 1. The summed E-state index contributed by atoms with van der Waals surface area (Å²) in [5, 5.41) is 13.3. The molecule has 26 heavy (non-hydrogen) atoms. The van der Waals surface area contributed by atoms with Gasteiger partial charge in [0.15, 0.2) is 0 Å². The molecule has 3 heterocycles. The topological polar surface area (TPSA) is 56.9 Å². The van der Waals surface area contributed by atoms with Crippen LogP contribution in [0.15, 0.2) is 33.4 Å². The first-order valence-corrected chi connectivity index (χ1v) is 10.2. The summed E-state index contributed by atoms with van der Waals surface area (Å²) < 4.78 is 5.61. The monoisotopic (exact) mass is 374 g/mol. The summed E-state index contributed by atoms with van der Waals surface area (Å²) in [6.45, 7) is 5.27. The number of likely N-dealkylation sites (tertiary alicyclic amines) is 1. The molecule has 1 amide bonds. The highest BCUT2D eigenvalue weighted by molar-refractivity contribution is 7.07. The highest BCUT2D eigenvalue weighted by Crippen LogP contribution is 2.57. The number of carbonyl (C=O) groups is 1. The zero-order valence-electron chi connectivity index (χ0n) is 15.2. The third-order valence-corrected chi connectivity index (χ3v) is 6.70. The maximum atomic E-state index is 12.2. The van der Waals surface area contributed by atoms with Crippen LogP contribution < -0.4 is 0 Å². The second kappa shape index (κ2) is 7.18. The van der Waals surface area contributed by atoms with Crippen LogP contribution in [0, 0.1) is 5.41 Å². The van der Waals surface area contributed by atoms with E-state index in [1.807, 2.05) is 12.1 Å². The smallest absolute Gasteiger partial charge is 0.220 e. The number of aliphatic hydroxyl groups is 1. The quantitative estimate of drug-likeness (QED) is 0.843. The van der Waals surface area contributed by atoms with Crippen molar-refractivity contribution >= 4 is 17.2 Å². The first-order chi connectivity index (χ1) is 12.6. The number of carbonyl (C=O) groups excluding carboxylic acids is 1. The maximum absolute atomic E-state index is 12.2. The lowest BCUT2D eigenvalue weighted by molar-refractivity contribution is -0.130. The van der Waals surface area contributed by atoms with Gasteiger partial charge in [-0.2, -0.15) is 11.3 Å². The van der Waals surface area contributed by atoms with E-state index in [-0.39, 0.29) is 12.5 Å². The molecule has 0 aromatic carbocycles. The highest BCUT2D eigenvalue weighted by Gasteiger charge is 2.58. The molecule has 6 heteroatoms. The Bertz CT molecular complexity index is 747. The van der Waals surface area contributed by atoms with E-state index in [0.717, 1.165) is 51.2 Å². The van der Waals surface area contributed by atoms with Crippen LogP contribution in [0.4, 0.5) is 0 Å². The molecule has 1 N–H and O–H groups in total. The van der Waals surface area contributed by atoms with Gasteiger partial charge in [0.1, 0.15) is 18.1 Å². The van der Waals surface area contributed by atoms with Crippen LogP contribution >= 0.6 is 11.3 Å². The fourth-order valence-corrected chi connectivity index (χ4v) is 4.95.